The lowest BCUT2D eigenvalue weighted by Gasteiger charge is -2.10. The number of hydrogen-bond acceptors (Lipinski definition) is 1. The quantitative estimate of drug-likeness (QED) is 0.509. The smallest absolute Gasteiger partial charge is 0.00414 e. The summed E-state index contributed by atoms with van der Waals surface area (Å²) in [6.07, 6.45) is 16.8. The van der Waals surface area contributed by atoms with Gasteiger partial charge in [-0.1, -0.05) is 71.1 Å². The van der Waals surface area contributed by atoms with Crippen molar-refractivity contribution in [2.24, 2.45) is 11.7 Å². The van der Waals surface area contributed by atoms with Gasteiger partial charge in [0.25, 0.3) is 0 Å². The lowest BCUT2D eigenvalue weighted by molar-refractivity contribution is 0.490. The maximum absolute atomic E-state index is 6.10. The van der Waals surface area contributed by atoms with E-state index in [9.17, 15) is 0 Å². The van der Waals surface area contributed by atoms with E-state index in [0.717, 1.165) is 5.92 Å². The van der Waals surface area contributed by atoms with Crippen LogP contribution in [-0.4, -0.2) is 6.04 Å². The molecule has 1 nitrogen and oxygen atoms in total. The lowest BCUT2D eigenvalue weighted by Crippen LogP contribution is -2.20. The molecule has 1 atom stereocenters. The fourth-order valence-corrected chi connectivity index (χ4v) is 2.44. The normalized spacial score (nSPS) is 17.6. The molecular weight excluding hydrogens is 194 g/mol. The molecule has 1 saturated carbocycles. The van der Waals surface area contributed by atoms with Gasteiger partial charge >= 0.3 is 0 Å². The van der Waals surface area contributed by atoms with Crippen LogP contribution in [0.2, 0.25) is 0 Å². The minimum atomic E-state index is 0.507. The molecule has 0 aromatic heterocycles. The Morgan fingerprint density at radius 1 is 0.938 bits per heavy atom. The molecule has 2 N–H and O–H groups in total. The summed E-state index contributed by atoms with van der Waals surface area (Å²) in [7, 11) is 0. The van der Waals surface area contributed by atoms with Crippen molar-refractivity contribution < 1.29 is 0 Å². The fraction of sp³-hybridized carbons (Fsp3) is 1.00. The highest BCUT2D eigenvalue weighted by atomic mass is 14.6. The van der Waals surface area contributed by atoms with Gasteiger partial charge in [-0.15, -0.1) is 0 Å². The van der Waals surface area contributed by atoms with Gasteiger partial charge in [0.1, 0.15) is 0 Å². The van der Waals surface area contributed by atoms with E-state index in [1.807, 2.05) is 0 Å². The third-order valence-corrected chi connectivity index (χ3v) is 3.76. The van der Waals surface area contributed by atoms with E-state index in [1.165, 1.54) is 77.0 Å². The molecule has 0 bridgehead atoms. The van der Waals surface area contributed by atoms with Crippen molar-refractivity contribution in [2.75, 3.05) is 0 Å². The van der Waals surface area contributed by atoms with Crippen LogP contribution in [0.1, 0.15) is 84.0 Å². The minimum Gasteiger partial charge on any atom is -0.328 e. The van der Waals surface area contributed by atoms with Crippen LogP contribution in [0.3, 0.4) is 0 Å². The largest absolute Gasteiger partial charge is 0.328 e. The van der Waals surface area contributed by atoms with Crippen LogP contribution < -0.4 is 5.73 Å². The zero-order chi connectivity index (χ0) is 11.6. The van der Waals surface area contributed by atoms with Crippen LogP contribution in [0.5, 0.6) is 0 Å². The minimum absolute atomic E-state index is 0.507. The second-order valence-electron chi connectivity index (χ2n) is 5.70. The molecule has 1 rings (SSSR count). The molecule has 0 aromatic carbocycles. The molecule has 1 aliphatic carbocycles. The summed E-state index contributed by atoms with van der Waals surface area (Å²) >= 11 is 0. The summed E-state index contributed by atoms with van der Waals surface area (Å²) in [6.45, 7) is 2.28. The predicted octanol–water partition coefficient (Wildman–Crippen LogP) is 4.64. The first-order valence-electron chi connectivity index (χ1n) is 7.58. The molecule has 0 heterocycles. The highest BCUT2D eigenvalue weighted by Crippen LogP contribution is 2.33. The van der Waals surface area contributed by atoms with Gasteiger partial charge in [0.2, 0.25) is 0 Å². The highest BCUT2D eigenvalue weighted by Gasteiger charge is 2.23. The molecule has 0 aromatic rings. The van der Waals surface area contributed by atoms with E-state index in [4.69, 9.17) is 5.73 Å². The zero-order valence-electron chi connectivity index (χ0n) is 11.2. The fourth-order valence-electron chi connectivity index (χ4n) is 2.44. The van der Waals surface area contributed by atoms with E-state index < -0.39 is 0 Å². The van der Waals surface area contributed by atoms with Crippen molar-refractivity contribution in [3.63, 3.8) is 0 Å². The molecule has 1 fully saturated rings. The van der Waals surface area contributed by atoms with Gasteiger partial charge < -0.3 is 5.73 Å². The Hall–Kier alpha value is -0.0400. The van der Waals surface area contributed by atoms with E-state index in [2.05, 4.69) is 6.92 Å². The van der Waals surface area contributed by atoms with Crippen LogP contribution in [-0.2, 0) is 0 Å². The van der Waals surface area contributed by atoms with Gasteiger partial charge in [-0.2, -0.15) is 0 Å². The number of nitrogens with two attached hydrogens (primary N) is 1. The average molecular weight is 225 g/mol. The lowest BCUT2D eigenvalue weighted by atomic mass is 10.0. The number of hydrogen-bond donors (Lipinski definition) is 1. The Bertz CT molecular complexity index is 152. The summed E-state index contributed by atoms with van der Waals surface area (Å²) in [4.78, 5) is 0. The molecule has 1 aliphatic rings. The van der Waals surface area contributed by atoms with Gasteiger partial charge in [0.15, 0.2) is 0 Å². The molecule has 0 amide bonds. The van der Waals surface area contributed by atoms with Crippen LogP contribution in [0.4, 0.5) is 0 Å². The Kier molecular flexibility index (Phi) is 7.92. The van der Waals surface area contributed by atoms with Crippen LogP contribution in [0.25, 0.3) is 0 Å². The molecule has 96 valence electrons. The monoisotopic (exact) mass is 225 g/mol. The molecule has 0 spiro atoms. The van der Waals surface area contributed by atoms with Crippen LogP contribution >= 0.6 is 0 Å². The topological polar surface area (TPSA) is 26.0 Å². The first-order chi connectivity index (χ1) is 7.83. The van der Waals surface area contributed by atoms with Crippen molar-refractivity contribution in [2.45, 2.75) is 90.0 Å². The van der Waals surface area contributed by atoms with E-state index in [1.54, 1.807) is 0 Å². The SMILES string of the molecule is CCCCCCCCCCC(N)CC1CC1. The first kappa shape index (κ1) is 14.0. The molecule has 1 unspecified atom stereocenters. The Labute approximate surface area is 102 Å². The summed E-state index contributed by atoms with van der Waals surface area (Å²) in [5, 5.41) is 0. The zero-order valence-corrected chi connectivity index (χ0v) is 11.2. The third-order valence-electron chi connectivity index (χ3n) is 3.76. The standard InChI is InChI=1S/C15H31N/c1-2-3-4-5-6-7-8-9-10-15(16)13-14-11-12-14/h14-15H,2-13,16H2,1H3. The number of unbranched alkanes of at least 4 members (excludes halogenated alkanes) is 7. The van der Waals surface area contributed by atoms with Gasteiger partial charge in [0.05, 0.1) is 0 Å². The molecule has 1 heteroatoms. The van der Waals surface area contributed by atoms with Crippen LogP contribution in [0, 0.1) is 5.92 Å². The maximum atomic E-state index is 6.10. The van der Waals surface area contributed by atoms with Gasteiger partial charge in [0, 0.05) is 6.04 Å². The molecule has 16 heavy (non-hydrogen) atoms. The molecule has 0 aliphatic heterocycles. The van der Waals surface area contributed by atoms with Gasteiger partial charge in [-0.25, -0.2) is 0 Å². The summed E-state index contributed by atoms with van der Waals surface area (Å²) < 4.78 is 0. The Morgan fingerprint density at radius 3 is 2.06 bits per heavy atom. The van der Waals surface area contributed by atoms with Gasteiger partial charge in [-0.05, 0) is 18.8 Å². The summed E-state index contributed by atoms with van der Waals surface area (Å²) in [5.41, 5.74) is 6.10. The predicted molar refractivity (Wildman–Crippen MR) is 72.5 cm³/mol. The maximum Gasteiger partial charge on any atom is 0.00414 e. The first-order valence-corrected chi connectivity index (χ1v) is 7.58. The van der Waals surface area contributed by atoms with Crippen LogP contribution in [0.15, 0.2) is 0 Å². The number of rotatable bonds is 11. The van der Waals surface area contributed by atoms with Crippen molar-refractivity contribution in [1.82, 2.24) is 0 Å². The molecular formula is C15H31N. The van der Waals surface area contributed by atoms with E-state index in [-0.39, 0.29) is 0 Å². The Balaban J connectivity index is 1.73. The Morgan fingerprint density at radius 2 is 1.50 bits per heavy atom. The highest BCUT2D eigenvalue weighted by molar-refractivity contribution is 4.78. The average Bonchev–Trinajstić information content (AvgIpc) is 3.06. The van der Waals surface area contributed by atoms with Crippen molar-refractivity contribution >= 4 is 0 Å². The van der Waals surface area contributed by atoms with Gasteiger partial charge in [-0.3, -0.25) is 0 Å². The summed E-state index contributed by atoms with van der Waals surface area (Å²) in [6, 6.07) is 0.507. The van der Waals surface area contributed by atoms with E-state index >= 15 is 0 Å². The second kappa shape index (κ2) is 9.04. The molecule has 0 radical (unpaired) electrons. The van der Waals surface area contributed by atoms with Crippen molar-refractivity contribution in [3.05, 3.63) is 0 Å². The summed E-state index contributed by atoms with van der Waals surface area (Å²) in [5.74, 6) is 1.00. The third kappa shape index (κ3) is 8.15. The van der Waals surface area contributed by atoms with E-state index in [0.29, 0.717) is 6.04 Å². The second-order valence-corrected chi connectivity index (χ2v) is 5.70. The molecule has 0 saturated heterocycles. The van der Waals surface area contributed by atoms with Crippen molar-refractivity contribution in [3.8, 4) is 0 Å². The van der Waals surface area contributed by atoms with Crippen molar-refractivity contribution in [1.29, 1.82) is 0 Å².